The van der Waals surface area contributed by atoms with Crippen molar-refractivity contribution in [3.63, 3.8) is 0 Å². The molecule has 0 unspecified atom stereocenters. The molecule has 31 heavy (non-hydrogen) atoms. The Morgan fingerprint density at radius 1 is 1.23 bits per heavy atom. The van der Waals surface area contributed by atoms with E-state index in [1.54, 1.807) is 7.11 Å². The molecule has 6 nitrogen and oxygen atoms in total. The van der Waals surface area contributed by atoms with Gasteiger partial charge in [-0.05, 0) is 62.4 Å². The summed E-state index contributed by atoms with van der Waals surface area (Å²) in [6, 6.07) is 11.4. The van der Waals surface area contributed by atoms with Gasteiger partial charge in [0.05, 0.1) is 13.0 Å². The van der Waals surface area contributed by atoms with Crippen LogP contribution in [-0.4, -0.2) is 25.0 Å². The first-order valence-corrected chi connectivity index (χ1v) is 10.9. The van der Waals surface area contributed by atoms with Crippen LogP contribution < -0.4 is 20.7 Å². The number of carbonyl (C=O) groups is 2. The van der Waals surface area contributed by atoms with Crippen LogP contribution in [0.1, 0.15) is 43.4 Å². The van der Waals surface area contributed by atoms with Crippen LogP contribution in [0.15, 0.2) is 36.4 Å². The molecule has 2 aromatic rings. The van der Waals surface area contributed by atoms with Crippen molar-refractivity contribution in [2.24, 2.45) is 11.8 Å². The summed E-state index contributed by atoms with van der Waals surface area (Å²) in [4.78, 5) is 27.0. The van der Waals surface area contributed by atoms with Crippen LogP contribution in [0.5, 0.6) is 5.75 Å². The van der Waals surface area contributed by atoms with Gasteiger partial charge in [-0.3, -0.25) is 14.9 Å². The van der Waals surface area contributed by atoms with E-state index in [0.717, 1.165) is 34.5 Å². The molecule has 3 N–H and O–H groups in total. The minimum atomic E-state index is -1.05. The first-order chi connectivity index (χ1) is 14.7. The molecule has 0 aliphatic carbocycles. The van der Waals surface area contributed by atoms with Crippen molar-refractivity contribution in [2.75, 3.05) is 17.7 Å². The number of benzene rings is 2. The molecule has 4 rings (SSSR count). The molecule has 2 aliphatic heterocycles. The van der Waals surface area contributed by atoms with Crippen molar-refractivity contribution in [3.8, 4) is 5.75 Å². The number of hydrogen-bond donors (Lipinski definition) is 3. The molecule has 2 amide bonds. The van der Waals surface area contributed by atoms with E-state index in [2.05, 4.69) is 35.9 Å². The molecule has 0 aromatic heterocycles. The van der Waals surface area contributed by atoms with Gasteiger partial charge in [-0.15, -0.1) is 0 Å². The van der Waals surface area contributed by atoms with Gasteiger partial charge in [-0.2, -0.15) is 0 Å². The summed E-state index contributed by atoms with van der Waals surface area (Å²) >= 11 is 0. The van der Waals surface area contributed by atoms with Gasteiger partial charge in [-0.25, -0.2) is 0 Å². The standard InChI is InChI=1S/C25H31N3O3/c1-14(2)10-18-13-21(23(29)26-17-6-8-19(31-5)9-7-17)25(28-18)20-12-15(3)11-16(4)22(20)27-24(25)30/h6-9,11-12,14,18,21,28H,10,13H2,1-5H3,(H,26,29)(H,27,30)/t18-,21+,25+/m1/s1. The third-order valence-electron chi connectivity index (χ3n) is 6.41. The molecule has 1 saturated heterocycles. The van der Waals surface area contributed by atoms with Gasteiger partial charge in [0, 0.05) is 23.0 Å². The smallest absolute Gasteiger partial charge is 0.250 e. The molecule has 2 heterocycles. The number of hydrogen-bond acceptors (Lipinski definition) is 4. The van der Waals surface area contributed by atoms with Gasteiger partial charge in [-0.1, -0.05) is 31.5 Å². The topological polar surface area (TPSA) is 79.5 Å². The summed E-state index contributed by atoms with van der Waals surface area (Å²) < 4.78 is 5.20. The van der Waals surface area contributed by atoms with Gasteiger partial charge in [0.1, 0.15) is 11.3 Å². The highest BCUT2D eigenvalue weighted by Gasteiger charge is 2.60. The van der Waals surface area contributed by atoms with Crippen LogP contribution in [0.4, 0.5) is 11.4 Å². The average Bonchev–Trinajstić information content (AvgIpc) is 3.22. The summed E-state index contributed by atoms with van der Waals surface area (Å²) in [6.07, 6.45) is 1.52. The third kappa shape index (κ3) is 3.69. The van der Waals surface area contributed by atoms with Gasteiger partial charge in [0.25, 0.3) is 0 Å². The fourth-order valence-electron chi connectivity index (χ4n) is 5.14. The Hall–Kier alpha value is -2.86. The summed E-state index contributed by atoms with van der Waals surface area (Å²) in [5, 5.41) is 9.69. The van der Waals surface area contributed by atoms with Gasteiger partial charge >= 0.3 is 0 Å². The fraction of sp³-hybridized carbons (Fsp3) is 0.440. The fourth-order valence-corrected chi connectivity index (χ4v) is 5.14. The van der Waals surface area contributed by atoms with E-state index in [0.29, 0.717) is 18.0 Å². The minimum Gasteiger partial charge on any atom is -0.497 e. The number of amides is 2. The second kappa shape index (κ2) is 8.00. The molecule has 6 heteroatoms. The molecule has 2 aromatic carbocycles. The van der Waals surface area contributed by atoms with Crippen molar-refractivity contribution < 1.29 is 14.3 Å². The van der Waals surface area contributed by atoms with E-state index in [9.17, 15) is 9.59 Å². The first kappa shape index (κ1) is 21.4. The van der Waals surface area contributed by atoms with Crippen LogP contribution in [0.2, 0.25) is 0 Å². The Morgan fingerprint density at radius 3 is 2.58 bits per heavy atom. The SMILES string of the molecule is COc1ccc(NC(=O)[C@@H]2C[C@@H](CC(C)C)N[C@]23C(=O)Nc2c(C)cc(C)cc23)cc1. The summed E-state index contributed by atoms with van der Waals surface area (Å²) in [7, 11) is 1.61. The maximum atomic E-state index is 13.5. The van der Waals surface area contributed by atoms with Crippen molar-refractivity contribution in [1.82, 2.24) is 5.32 Å². The lowest BCUT2D eigenvalue weighted by Crippen LogP contribution is -2.52. The van der Waals surface area contributed by atoms with Crippen molar-refractivity contribution in [2.45, 2.75) is 52.1 Å². The molecule has 1 fully saturated rings. The third-order valence-corrected chi connectivity index (χ3v) is 6.41. The van der Waals surface area contributed by atoms with Gasteiger partial charge in [0.15, 0.2) is 0 Å². The summed E-state index contributed by atoms with van der Waals surface area (Å²) in [6.45, 7) is 8.35. The lowest BCUT2D eigenvalue weighted by Gasteiger charge is -2.29. The number of fused-ring (bicyclic) bond motifs is 2. The Labute approximate surface area is 183 Å². The van der Waals surface area contributed by atoms with Crippen molar-refractivity contribution in [1.29, 1.82) is 0 Å². The minimum absolute atomic E-state index is 0.0872. The highest BCUT2D eigenvalue weighted by atomic mass is 16.5. The van der Waals surface area contributed by atoms with E-state index < -0.39 is 11.5 Å². The van der Waals surface area contributed by atoms with Crippen LogP contribution in [0.25, 0.3) is 0 Å². The Balaban J connectivity index is 1.72. The van der Waals surface area contributed by atoms with Crippen LogP contribution in [0.3, 0.4) is 0 Å². The normalized spacial score (nSPS) is 24.4. The van der Waals surface area contributed by atoms with Crippen molar-refractivity contribution in [3.05, 3.63) is 53.1 Å². The molecule has 164 valence electrons. The monoisotopic (exact) mass is 421 g/mol. The van der Waals surface area contributed by atoms with E-state index in [4.69, 9.17) is 4.74 Å². The zero-order valence-corrected chi connectivity index (χ0v) is 18.8. The van der Waals surface area contributed by atoms with Crippen LogP contribution in [0, 0.1) is 25.7 Å². The number of rotatable bonds is 5. The van der Waals surface area contributed by atoms with E-state index in [1.807, 2.05) is 44.2 Å². The van der Waals surface area contributed by atoms with E-state index in [1.165, 1.54) is 0 Å². The largest absolute Gasteiger partial charge is 0.497 e. The number of anilines is 2. The number of aryl methyl sites for hydroxylation is 2. The highest BCUT2D eigenvalue weighted by molar-refractivity contribution is 6.11. The van der Waals surface area contributed by atoms with Crippen molar-refractivity contribution >= 4 is 23.2 Å². The first-order valence-electron chi connectivity index (χ1n) is 10.9. The van der Waals surface area contributed by atoms with Gasteiger partial charge < -0.3 is 15.4 Å². The molecule has 0 saturated carbocycles. The Bertz CT molecular complexity index is 1020. The maximum Gasteiger partial charge on any atom is 0.250 e. The molecule has 0 radical (unpaired) electrons. The number of nitrogens with one attached hydrogen (secondary N) is 3. The zero-order valence-electron chi connectivity index (χ0n) is 18.8. The summed E-state index contributed by atoms with van der Waals surface area (Å²) in [5.41, 5.74) is 3.44. The lowest BCUT2D eigenvalue weighted by molar-refractivity contribution is -0.130. The molecular weight excluding hydrogens is 390 g/mol. The molecular formula is C25H31N3O3. The van der Waals surface area contributed by atoms with E-state index >= 15 is 0 Å². The predicted octanol–water partition coefficient (Wildman–Crippen LogP) is 4.12. The molecule has 1 spiro atoms. The predicted molar refractivity (Wildman–Crippen MR) is 122 cm³/mol. The highest BCUT2D eigenvalue weighted by Crippen LogP contribution is 2.49. The lowest BCUT2D eigenvalue weighted by atomic mass is 9.78. The average molecular weight is 422 g/mol. The Morgan fingerprint density at radius 2 is 1.94 bits per heavy atom. The molecule has 0 bridgehead atoms. The summed E-state index contributed by atoms with van der Waals surface area (Å²) in [5.74, 6) is 0.384. The second-order valence-corrected chi connectivity index (χ2v) is 9.24. The van der Waals surface area contributed by atoms with Crippen LogP contribution >= 0.6 is 0 Å². The van der Waals surface area contributed by atoms with Gasteiger partial charge in [0.2, 0.25) is 11.8 Å². The van der Waals surface area contributed by atoms with Crippen LogP contribution in [-0.2, 0) is 15.1 Å². The van der Waals surface area contributed by atoms with E-state index in [-0.39, 0.29) is 17.9 Å². The molecule has 2 aliphatic rings. The quantitative estimate of drug-likeness (QED) is 0.678. The Kier molecular flexibility index (Phi) is 5.52. The number of ether oxygens (including phenoxy) is 1. The maximum absolute atomic E-state index is 13.5. The zero-order chi connectivity index (χ0) is 22.3. The molecule has 3 atom stereocenters. The number of carbonyl (C=O) groups excluding carboxylic acids is 2. The number of methoxy groups -OCH3 is 1. The second-order valence-electron chi connectivity index (χ2n) is 9.24.